The summed E-state index contributed by atoms with van der Waals surface area (Å²) < 4.78 is 0. The molecule has 1 aromatic heterocycles. The lowest BCUT2D eigenvalue weighted by atomic mass is 9.83. The van der Waals surface area contributed by atoms with E-state index >= 15 is 0 Å². The molecular formula is C14H18N2O2. The van der Waals surface area contributed by atoms with E-state index in [9.17, 15) is 9.90 Å². The largest absolute Gasteiger partial charge is 0.383 e. The molecule has 2 aliphatic heterocycles. The molecule has 4 nitrogen and oxygen atoms in total. The molecule has 2 fully saturated rings. The molecule has 2 bridgehead atoms. The second-order valence-corrected chi connectivity index (χ2v) is 5.40. The number of carbonyl (C=O) groups excluding carboxylic acids is 1. The van der Waals surface area contributed by atoms with E-state index in [0.717, 1.165) is 24.8 Å². The lowest BCUT2D eigenvalue weighted by Gasteiger charge is -2.42. The van der Waals surface area contributed by atoms with Gasteiger partial charge >= 0.3 is 0 Å². The highest BCUT2D eigenvalue weighted by atomic mass is 16.3. The predicted octanol–water partition coefficient (Wildman–Crippen LogP) is 1.09. The average Bonchev–Trinajstić information content (AvgIpc) is 2.64. The van der Waals surface area contributed by atoms with Gasteiger partial charge in [-0.25, -0.2) is 0 Å². The molecule has 96 valence electrons. The van der Waals surface area contributed by atoms with Crippen molar-refractivity contribution < 1.29 is 9.90 Å². The maximum absolute atomic E-state index is 10.8. The van der Waals surface area contributed by atoms with Crippen LogP contribution in [0.4, 0.5) is 0 Å². The van der Waals surface area contributed by atoms with Gasteiger partial charge in [-0.2, -0.15) is 0 Å². The van der Waals surface area contributed by atoms with Gasteiger partial charge in [0, 0.05) is 18.3 Å². The molecule has 2 unspecified atom stereocenters. The molecule has 18 heavy (non-hydrogen) atoms. The standard InChI is InChI=1S/C14H18N2O2/c17-8-7-16-11-4-5-12(16)10-14(18,9-11)13-3-1-2-6-15-13/h1-3,6,8,11-12,18H,4-5,7,9-10H2. The van der Waals surface area contributed by atoms with Crippen LogP contribution in [-0.2, 0) is 10.4 Å². The minimum absolute atomic E-state index is 0.320. The van der Waals surface area contributed by atoms with Crippen LogP contribution in [0.5, 0.6) is 0 Å². The lowest BCUT2D eigenvalue weighted by Crippen LogP contribution is -2.50. The SMILES string of the molecule is O=CCN1C2CCC1CC(O)(c1ccccn1)C2. The summed E-state index contributed by atoms with van der Waals surface area (Å²) in [6.07, 6.45) is 6.23. The molecule has 4 heteroatoms. The van der Waals surface area contributed by atoms with Gasteiger partial charge in [0.2, 0.25) is 0 Å². The third-order valence-electron chi connectivity index (χ3n) is 4.34. The van der Waals surface area contributed by atoms with Gasteiger partial charge in [0.15, 0.2) is 0 Å². The third kappa shape index (κ3) is 1.85. The number of aromatic nitrogens is 1. The topological polar surface area (TPSA) is 53.4 Å². The van der Waals surface area contributed by atoms with Crippen molar-refractivity contribution in [2.24, 2.45) is 0 Å². The quantitative estimate of drug-likeness (QED) is 0.811. The second kappa shape index (κ2) is 4.44. The van der Waals surface area contributed by atoms with Crippen LogP contribution in [0.15, 0.2) is 24.4 Å². The van der Waals surface area contributed by atoms with Gasteiger partial charge in [-0.15, -0.1) is 0 Å². The summed E-state index contributed by atoms with van der Waals surface area (Å²) >= 11 is 0. The molecular weight excluding hydrogens is 228 g/mol. The molecule has 0 radical (unpaired) electrons. The summed E-state index contributed by atoms with van der Waals surface area (Å²) in [5, 5.41) is 10.8. The summed E-state index contributed by atoms with van der Waals surface area (Å²) in [5.41, 5.74) is -0.0420. The van der Waals surface area contributed by atoms with E-state index in [1.165, 1.54) is 0 Å². The Morgan fingerprint density at radius 1 is 1.39 bits per heavy atom. The van der Waals surface area contributed by atoms with Gasteiger partial charge in [0.05, 0.1) is 12.2 Å². The van der Waals surface area contributed by atoms with Gasteiger partial charge < -0.3 is 9.90 Å². The number of hydrogen-bond donors (Lipinski definition) is 1. The number of hydrogen-bond acceptors (Lipinski definition) is 4. The first-order valence-electron chi connectivity index (χ1n) is 6.56. The first kappa shape index (κ1) is 11.8. The smallest absolute Gasteiger partial charge is 0.134 e. The number of rotatable bonds is 3. The first-order valence-corrected chi connectivity index (χ1v) is 6.56. The lowest BCUT2D eigenvalue weighted by molar-refractivity contribution is -0.112. The molecule has 3 heterocycles. The molecule has 0 spiro atoms. The van der Waals surface area contributed by atoms with Crippen LogP contribution in [0.1, 0.15) is 31.4 Å². The van der Waals surface area contributed by atoms with Crippen molar-refractivity contribution in [2.75, 3.05) is 6.54 Å². The van der Waals surface area contributed by atoms with Crippen molar-refractivity contribution in [3.05, 3.63) is 30.1 Å². The zero-order valence-electron chi connectivity index (χ0n) is 10.3. The highest BCUT2D eigenvalue weighted by molar-refractivity contribution is 5.52. The van der Waals surface area contributed by atoms with E-state index < -0.39 is 5.60 Å². The Morgan fingerprint density at radius 3 is 2.67 bits per heavy atom. The van der Waals surface area contributed by atoms with Crippen LogP contribution in [-0.4, -0.2) is 39.9 Å². The van der Waals surface area contributed by atoms with Crippen molar-refractivity contribution in [1.82, 2.24) is 9.88 Å². The van der Waals surface area contributed by atoms with E-state index in [0.29, 0.717) is 31.5 Å². The molecule has 0 aromatic carbocycles. The van der Waals surface area contributed by atoms with E-state index in [-0.39, 0.29) is 0 Å². The molecule has 3 rings (SSSR count). The molecule has 2 aliphatic rings. The Hall–Kier alpha value is -1.26. The van der Waals surface area contributed by atoms with E-state index in [1.807, 2.05) is 18.2 Å². The summed E-state index contributed by atoms with van der Waals surface area (Å²) in [6.45, 7) is 0.494. The molecule has 0 amide bonds. The van der Waals surface area contributed by atoms with Crippen LogP contribution < -0.4 is 0 Å². The number of aldehydes is 1. The monoisotopic (exact) mass is 246 g/mol. The number of pyridine rings is 1. The average molecular weight is 246 g/mol. The van der Waals surface area contributed by atoms with Crippen LogP contribution >= 0.6 is 0 Å². The molecule has 1 aromatic rings. The van der Waals surface area contributed by atoms with Crippen LogP contribution in [0.2, 0.25) is 0 Å². The van der Waals surface area contributed by atoms with Gasteiger partial charge in [0.1, 0.15) is 11.9 Å². The van der Waals surface area contributed by atoms with Crippen LogP contribution in [0.25, 0.3) is 0 Å². The van der Waals surface area contributed by atoms with Crippen molar-refractivity contribution >= 4 is 6.29 Å². The summed E-state index contributed by atoms with van der Waals surface area (Å²) in [5.74, 6) is 0. The van der Waals surface area contributed by atoms with E-state index in [4.69, 9.17) is 0 Å². The summed E-state index contributed by atoms with van der Waals surface area (Å²) in [4.78, 5) is 17.3. The predicted molar refractivity (Wildman–Crippen MR) is 66.9 cm³/mol. The highest BCUT2D eigenvalue weighted by Crippen LogP contribution is 2.44. The van der Waals surface area contributed by atoms with Gasteiger partial charge in [-0.1, -0.05) is 6.07 Å². The molecule has 0 saturated carbocycles. The molecule has 2 atom stereocenters. The fraction of sp³-hybridized carbons (Fsp3) is 0.571. The third-order valence-corrected chi connectivity index (χ3v) is 4.34. The van der Waals surface area contributed by atoms with E-state index in [1.54, 1.807) is 6.20 Å². The fourth-order valence-corrected chi connectivity index (χ4v) is 3.55. The summed E-state index contributed by atoms with van der Waals surface area (Å²) in [6, 6.07) is 6.32. The Labute approximate surface area is 107 Å². The van der Waals surface area contributed by atoms with Crippen LogP contribution in [0, 0.1) is 0 Å². The molecule has 2 saturated heterocycles. The Balaban J connectivity index is 1.85. The highest BCUT2D eigenvalue weighted by Gasteiger charge is 2.48. The number of aliphatic hydroxyl groups is 1. The first-order chi connectivity index (χ1) is 8.73. The zero-order valence-corrected chi connectivity index (χ0v) is 10.3. The minimum atomic E-state index is -0.813. The van der Waals surface area contributed by atoms with Gasteiger partial charge in [-0.3, -0.25) is 9.88 Å². The number of carbonyl (C=O) groups is 1. The number of piperidine rings is 1. The van der Waals surface area contributed by atoms with Crippen molar-refractivity contribution in [3.8, 4) is 0 Å². The Bertz CT molecular complexity index is 421. The fourth-order valence-electron chi connectivity index (χ4n) is 3.55. The normalized spacial score (nSPS) is 35.6. The zero-order chi connectivity index (χ0) is 12.6. The summed E-state index contributed by atoms with van der Waals surface area (Å²) in [7, 11) is 0. The van der Waals surface area contributed by atoms with Crippen LogP contribution in [0.3, 0.4) is 0 Å². The Morgan fingerprint density at radius 2 is 2.11 bits per heavy atom. The molecule has 1 N–H and O–H groups in total. The maximum Gasteiger partial charge on any atom is 0.134 e. The van der Waals surface area contributed by atoms with Crippen molar-refractivity contribution in [2.45, 2.75) is 43.4 Å². The number of nitrogens with zero attached hydrogens (tertiary/aromatic N) is 2. The van der Waals surface area contributed by atoms with Crippen molar-refractivity contribution in [1.29, 1.82) is 0 Å². The molecule has 0 aliphatic carbocycles. The van der Waals surface area contributed by atoms with Crippen molar-refractivity contribution in [3.63, 3.8) is 0 Å². The second-order valence-electron chi connectivity index (χ2n) is 5.40. The number of fused-ring (bicyclic) bond motifs is 2. The van der Waals surface area contributed by atoms with Gasteiger partial charge in [-0.05, 0) is 37.8 Å². The van der Waals surface area contributed by atoms with Gasteiger partial charge in [0.25, 0.3) is 0 Å². The van der Waals surface area contributed by atoms with E-state index in [2.05, 4.69) is 9.88 Å². The minimum Gasteiger partial charge on any atom is -0.383 e. The maximum atomic E-state index is 10.8. The Kier molecular flexibility index (Phi) is 2.92.